The molecule has 0 aliphatic rings. The number of nitrogens with zero attached hydrogens (tertiary/aromatic N) is 2. The highest BCUT2D eigenvalue weighted by molar-refractivity contribution is 9.11. The Labute approximate surface area is 60.2 Å². The predicted octanol–water partition coefficient (Wildman–Crippen LogP) is 1.86. The smallest absolute Gasteiger partial charge is 0.179 e. The largest absolute Gasteiger partial charge is 0.212 e. The molecule has 8 heavy (non-hydrogen) atoms. The van der Waals surface area contributed by atoms with E-state index in [0.29, 0.717) is 0 Å². The summed E-state index contributed by atoms with van der Waals surface area (Å²) in [5.74, 6) is 0.918. The number of hydrogen-bond donors (Lipinski definition) is 0. The topological polar surface area (TPSA) is 25.8 Å². The van der Waals surface area contributed by atoms with Crippen LogP contribution in [0, 0.1) is 0 Å². The quantitative estimate of drug-likeness (QED) is 0.680. The van der Waals surface area contributed by atoms with Crippen LogP contribution < -0.4 is 0 Å². The molecule has 1 aromatic rings. The lowest BCUT2D eigenvalue weighted by Gasteiger charge is -1.76. The average molecular weight is 193 g/mol. The van der Waals surface area contributed by atoms with Crippen molar-refractivity contribution < 1.29 is 0 Å². The molecule has 1 aromatic heterocycles. The Morgan fingerprint density at radius 2 is 2.50 bits per heavy atom. The fraction of sp³-hybridized carbons (Fsp3) is 0.500. The number of halogens is 1. The fourth-order valence-electron chi connectivity index (χ4n) is 0.376. The van der Waals surface area contributed by atoms with E-state index >= 15 is 0 Å². The van der Waals surface area contributed by atoms with Gasteiger partial charge >= 0.3 is 0 Å². The van der Waals surface area contributed by atoms with E-state index in [1.165, 1.54) is 11.5 Å². The zero-order chi connectivity index (χ0) is 5.98. The van der Waals surface area contributed by atoms with E-state index < -0.39 is 0 Å². The van der Waals surface area contributed by atoms with Gasteiger partial charge in [-0.05, 0) is 27.5 Å². The summed E-state index contributed by atoms with van der Waals surface area (Å²) in [6.45, 7) is 2.04. The molecule has 0 aliphatic carbocycles. The molecule has 0 spiro atoms. The zero-order valence-electron chi connectivity index (χ0n) is 4.39. The summed E-state index contributed by atoms with van der Waals surface area (Å²) in [5, 5.41) is 0. The first-order chi connectivity index (χ1) is 3.83. The molecule has 0 N–H and O–H groups in total. The average Bonchev–Trinajstić information content (AvgIpc) is 2.14. The molecule has 0 aromatic carbocycles. The van der Waals surface area contributed by atoms with Crippen molar-refractivity contribution in [1.29, 1.82) is 0 Å². The Morgan fingerprint density at radius 3 is 2.75 bits per heavy atom. The third-order valence-electron chi connectivity index (χ3n) is 0.760. The first kappa shape index (κ1) is 6.16. The van der Waals surface area contributed by atoms with Crippen molar-refractivity contribution in [2.75, 3.05) is 0 Å². The maximum atomic E-state index is 4.05. The summed E-state index contributed by atoms with van der Waals surface area (Å²) in [6.07, 6.45) is 0.919. The van der Waals surface area contributed by atoms with Crippen molar-refractivity contribution >= 4 is 27.5 Å². The van der Waals surface area contributed by atoms with Gasteiger partial charge in [-0.1, -0.05) is 6.92 Å². The van der Waals surface area contributed by atoms with Gasteiger partial charge in [-0.15, -0.1) is 0 Å². The van der Waals surface area contributed by atoms with Crippen LogP contribution in [-0.2, 0) is 6.42 Å². The van der Waals surface area contributed by atoms with Crippen LogP contribution in [0.4, 0.5) is 0 Å². The minimum absolute atomic E-state index is 0.870. The Bertz CT molecular complexity index is 174. The Balaban J connectivity index is 2.84. The second-order valence-electron chi connectivity index (χ2n) is 1.32. The summed E-state index contributed by atoms with van der Waals surface area (Å²) < 4.78 is 4.89. The van der Waals surface area contributed by atoms with Crippen molar-refractivity contribution in [2.45, 2.75) is 13.3 Å². The number of aryl methyl sites for hydroxylation is 1. The SMILES string of the molecule is CCc1nsc(Br)n1. The molecule has 0 bridgehead atoms. The molecule has 0 atom stereocenters. The number of aromatic nitrogens is 2. The van der Waals surface area contributed by atoms with Gasteiger partial charge in [-0.2, -0.15) is 4.37 Å². The van der Waals surface area contributed by atoms with Gasteiger partial charge < -0.3 is 0 Å². The van der Waals surface area contributed by atoms with E-state index in [2.05, 4.69) is 25.3 Å². The zero-order valence-corrected chi connectivity index (χ0v) is 6.79. The van der Waals surface area contributed by atoms with Gasteiger partial charge in [0.2, 0.25) is 0 Å². The molecule has 44 valence electrons. The van der Waals surface area contributed by atoms with E-state index in [1.807, 2.05) is 6.92 Å². The van der Waals surface area contributed by atoms with Crippen molar-refractivity contribution in [3.63, 3.8) is 0 Å². The van der Waals surface area contributed by atoms with Gasteiger partial charge in [0.25, 0.3) is 0 Å². The molecule has 0 unspecified atom stereocenters. The molecular formula is C4H5BrN2S. The molecule has 4 heteroatoms. The number of rotatable bonds is 1. The van der Waals surface area contributed by atoms with Crippen molar-refractivity contribution in [3.05, 3.63) is 9.74 Å². The molecule has 0 saturated carbocycles. The highest BCUT2D eigenvalue weighted by Gasteiger charge is 1.94. The lowest BCUT2D eigenvalue weighted by Crippen LogP contribution is -1.79. The Hall–Kier alpha value is 0.0400. The Morgan fingerprint density at radius 1 is 1.75 bits per heavy atom. The molecule has 0 radical (unpaired) electrons. The van der Waals surface area contributed by atoms with Crippen molar-refractivity contribution in [3.8, 4) is 0 Å². The molecule has 0 aliphatic heterocycles. The fourth-order valence-corrected chi connectivity index (χ4v) is 1.29. The maximum absolute atomic E-state index is 4.05. The van der Waals surface area contributed by atoms with Crippen LogP contribution in [0.5, 0.6) is 0 Å². The minimum atomic E-state index is 0.870. The molecule has 2 nitrogen and oxygen atoms in total. The summed E-state index contributed by atoms with van der Waals surface area (Å²) in [5.41, 5.74) is 0. The molecule has 1 heterocycles. The summed E-state index contributed by atoms with van der Waals surface area (Å²) in [4.78, 5) is 4.05. The van der Waals surface area contributed by atoms with E-state index in [9.17, 15) is 0 Å². The van der Waals surface area contributed by atoms with Crippen LogP contribution in [0.25, 0.3) is 0 Å². The van der Waals surface area contributed by atoms with Gasteiger partial charge in [0.05, 0.1) is 0 Å². The lowest BCUT2D eigenvalue weighted by molar-refractivity contribution is 0.993. The minimum Gasteiger partial charge on any atom is -0.212 e. The van der Waals surface area contributed by atoms with Crippen molar-refractivity contribution in [1.82, 2.24) is 9.36 Å². The monoisotopic (exact) mass is 192 g/mol. The van der Waals surface area contributed by atoms with Gasteiger partial charge in [0, 0.05) is 6.42 Å². The highest BCUT2D eigenvalue weighted by Crippen LogP contribution is 2.11. The highest BCUT2D eigenvalue weighted by atomic mass is 79.9. The molecule has 0 fully saturated rings. The second kappa shape index (κ2) is 2.55. The first-order valence-corrected chi connectivity index (χ1v) is 3.87. The van der Waals surface area contributed by atoms with Gasteiger partial charge in [-0.3, -0.25) is 0 Å². The van der Waals surface area contributed by atoms with Gasteiger partial charge in [-0.25, -0.2) is 4.98 Å². The summed E-state index contributed by atoms with van der Waals surface area (Å²) in [6, 6.07) is 0. The van der Waals surface area contributed by atoms with Crippen LogP contribution in [0.15, 0.2) is 3.92 Å². The van der Waals surface area contributed by atoms with Crippen LogP contribution in [0.2, 0.25) is 0 Å². The third kappa shape index (κ3) is 1.26. The van der Waals surface area contributed by atoms with E-state index in [4.69, 9.17) is 0 Å². The van der Waals surface area contributed by atoms with E-state index in [-0.39, 0.29) is 0 Å². The maximum Gasteiger partial charge on any atom is 0.179 e. The van der Waals surface area contributed by atoms with E-state index in [1.54, 1.807) is 0 Å². The summed E-state index contributed by atoms with van der Waals surface area (Å²) >= 11 is 4.60. The lowest BCUT2D eigenvalue weighted by atomic mass is 10.5. The van der Waals surface area contributed by atoms with Gasteiger partial charge in [0.15, 0.2) is 3.92 Å². The van der Waals surface area contributed by atoms with Crippen molar-refractivity contribution in [2.24, 2.45) is 0 Å². The number of hydrogen-bond acceptors (Lipinski definition) is 3. The molecule has 1 rings (SSSR count). The van der Waals surface area contributed by atoms with Crippen LogP contribution >= 0.6 is 27.5 Å². The molecular weight excluding hydrogens is 188 g/mol. The predicted molar refractivity (Wildman–Crippen MR) is 37.0 cm³/mol. The Kier molecular flexibility index (Phi) is 1.96. The van der Waals surface area contributed by atoms with Crippen LogP contribution in [0.1, 0.15) is 12.7 Å². The summed E-state index contributed by atoms with van der Waals surface area (Å²) in [7, 11) is 0. The third-order valence-corrected chi connectivity index (χ3v) is 1.92. The van der Waals surface area contributed by atoms with E-state index in [0.717, 1.165) is 16.2 Å². The van der Waals surface area contributed by atoms with Crippen LogP contribution in [0.3, 0.4) is 0 Å². The van der Waals surface area contributed by atoms with Crippen LogP contribution in [-0.4, -0.2) is 9.36 Å². The normalized spacial score (nSPS) is 9.75. The molecule has 0 amide bonds. The standard InChI is InChI=1S/C4H5BrN2S/c1-2-3-6-4(5)8-7-3/h2H2,1H3. The second-order valence-corrected chi connectivity index (χ2v) is 3.34. The first-order valence-electron chi connectivity index (χ1n) is 2.31. The molecule has 0 saturated heterocycles. The van der Waals surface area contributed by atoms with Gasteiger partial charge in [0.1, 0.15) is 5.82 Å².